The molecule has 56 valence electrons. The van der Waals surface area contributed by atoms with Crippen molar-refractivity contribution >= 4 is 5.78 Å². The van der Waals surface area contributed by atoms with E-state index in [-0.39, 0.29) is 0 Å². The lowest BCUT2D eigenvalue weighted by Crippen LogP contribution is -2.44. The Hall–Kier alpha value is -0.410. The number of carbonyl (C=O) groups is 1. The van der Waals surface area contributed by atoms with Gasteiger partial charge in [0.15, 0.2) is 0 Å². The number of nitrogens with one attached hydrogen (secondary N) is 1. The van der Waals surface area contributed by atoms with Gasteiger partial charge in [0.2, 0.25) is 0 Å². The quantitative estimate of drug-likeness (QED) is 0.496. The summed E-state index contributed by atoms with van der Waals surface area (Å²) >= 11 is 0. The van der Waals surface area contributed by atoms with Crippen LogP contribution < -0.4 is 5.32 Å². The van der Waals surface area contributed by atoms with Crippen molar-refractivity contribution in [1.29, 1.82) is 0 Å². The van der Waals surface area contributed by atoms with Crippen molar-refractivity contribution in [2.24, 2.45) is 0 Å². The molecule has 0 aromatic heterocycles. The van der Waals surface area contributed by atoms with E-state index in [1.807, 2.05) is 0 Å². The average molecular weight is 140 g/mol. The van der Waals surface area contributed by atoms with Gasteiger partial charge in [-0.05, 0) is 13.0 Å². The predicted molar refractivity (Wildman–Crippen MR) is 37.6 cm³/mol. The van der Waals surface area contributed by atoms with Crippen molar-refractivity contribution in [2.75, 3.05) is 19.8 Å². The second kappa shape index (κ2) is 2.32. The Balaban J connectivity index is 2.04. The molecule has 1 unspecified atom stereocenters. The second-order valence-electron chi connectivity index (χ2n) is 3.09. The van der Waals surface area contributed by atoms with Crippen LogP contribution in [0.5, 0.6) is 0 Å². The third-order valence-corrected chi connectivity index (χ3v) is 2.33. The fraction of sp³-hybridized carbons (Fsp3) is 0.857. The molecule has 10 heavy (non-hydrogen) atoms. The van der Waals surface area contributed by atoms with E-state index in [1.54, 1.807) is 0 Å². The van der Waals surface area contributed by atoms with Crippen LogP contribution in [-0.2, 0) is 4.79 Å². The summed E-state index contributed by atoms with van der Waals surface area (Å²) in [6.07, 6.45) is 1.94. The minimum absolute atomic E-state index is 0.411. The van der Waals surface area contributed by atoms with Crippen LogP contribution in [0.4, 0.5) is 0 Å². The highest BCUT2D eigenvalue weighted by Crippen LogP contribution is 2.18. The Bertz CT molecular complexity index is 142. The molecule has 2 aliphatic rings. The number of nitrogens with zero attached hydrogens (tertiary/aromatic N) is 1. The van der Waals surface area contributed by atoms with Gasteiger partial charge < -0.3 is 5.32 Å². The topological polar surface area (TPSA) is 32.3 Å². The number of Topliss-reactive ketones (excluding diaryl/α,β-unsaturated/α-hetero) is 1. The number of ketones is 1. The van der Waals surface area contributed by atoms with Gasteiger partial charge in [-0.25, -0.2) is 0 Å². The molecule has 3 heteroatoms. The first kappa shape index (κ1) is 6.31. The fourth-order valence-electron chi connectivity index (χ4n) is 1.77. The van der Waals surface area contributed by atoms with Gasteiger partial charge in [-0.1, -0.05) is 0 Å². The van der Waals surface area contributed by atoms with E-state index in [0.29, 0.717) is 18.4 Å². The van der Waals surface area contributed by atoms with Crippen LogP contribution in [-0.4, -0.2) is 36.5 Å². The first-order chi connectivity index (χ1) is 4.86. The van der Waals surface area contributed by atoms with E-state index in [1.165, 1.54) is 0 Å². The van der Waals surface area contributed by atoms with Crippen molar-refractivity contribution in [3.05, 3.63) is 0 Å². The molecule has 2 heterocycles. The normalized spacial score (nSPS) is 34.4. The van der Waals surface area contributed by atoms with Crippen molar-refractivity contribution in [2.45, 2.75) is 18.9 Å². The van der Waals surface area contributed by atoms with Crippen LogP contribution >= 0.6 is 0 Å². The molecule has 0 saturated carbocycles. The summed E-state index contributed by atoms with van der Waals surface area (Å²) in [5.41, 5.74) is 0. The molecule has 0 aliphatic carbocycles. The highest BCUT2D eigenvalue weighted by molar-refractivity contribution is 5.83. The van der Waals surface area contributed by atoms with Crippen molar-refractivity contribution in [3.63, 3.8) is 0 Å². The predicted octanol–water partition coefficient (Wildman–Crippen LogP) is -0.419. The minimum Gasteiger partial charge on any atom is -0.304 e. The van der Waals surface area contributed by atoms with Crippen molar-refractivity contribution < 1.29 is 4.79 Å². The summed E-state index contributed by atoms with van der Waals surface area (Å²) in [7, 11) is 0. The molecule has 1 atom stereocenters. The molecule has 0 aromatic rings. The van der Waals surface area contributed by atoms with E-state index in [9.17, 15) is 4.79 Å². The SMILES string of the molecule is O=C1CC2CCNCN2C1. The lowest BCUT2D eigenvalue weighted by Gasteiger charge is -2.28. The molecule has 0 bridgehead atoms. The standard InChI is InChI=1S/C7H12N2O/c10-7-3-6-1-2-8-5-9(6)4-7/h6,8H,1-5H2. The number of hydrogen-bond donors (Lipinski definition) is 1. The molecule has 2 aliphatic heterocycles. The fourth-order valence-corrected chi connectivity index (χ4v) is 1.77. The lowest BCUT2D eigenvalue weighted by atomic mass is 10.1. The van der Waals surface area contributed by atoms with E-state index >= 15 is 0 Å². The monoisotopic (exact) mass is 140 g/mol. The van der Waals surface area contributed by atoms with Crippen LogP contribution in [0.1, 0.15) is 12.8 Å². The summed E-state index contributed by atoms with van der Waals surface area (Å²) in [5, 5.41) is 3.25. The molecule has 0 radical (unpaired) electrons. The molecule has 1 N–H and O–H groups in total. The van der Waals surface area contributed by atoms with Crippen LogP contribution in [0.15, 0.2) is 0 Å². The van der Waals surface area contributed by atoms with E-state index in [4.69, 9.17) is 0 Å². The van der Waals surface area contributed by atoms with Crippen LogP contribution in [0, 0.1) is 0 Å². The van der Waals surface area contributed by atoms with E-state index in [2.05, 4.69) is 10.2 Å². The molecule has 2 fully saturated rings. The molecule has 0 aromatic carbocycles. The highest BCUT2D eigenvalue weighted by Gasteiger charge is 2.31. The second-order valence-corrected chi connectivity index (χ2v) is 3.09. The van der Waals surface area contributed by atoms with Gasteiger partial charge in [-0.2, -0.15) is 0 Å². The Morgan fingerprint density at radius 1 is 1.60 bits per heavy atom. The maximum atomic E-state index is 10.9. The third-order valence-electron chi connectivity index (χ3n) is 2.33. The van der Waals surface area contributed by atoms with Gasteiger partial charge in [0.1, 0.15) is 5.78 Å². The van der Waals surface area contributed by atoms with E-state index in [0.717, 1.165) is 26.1 Å². The smallest absolute Gasteiger partial charge is 0.148 e. The van der Waals surface area contributed by atoms with Gasteiger partial charge >= 0.3 is 0 Å². The number of fused-ring (bicyclic) bond motifs is 1. The van der Waals surface area contributed by atoms with E-state index < -0.39 is 0 Å². The highest BCUT2D eigenvalue weighted by atomic mass is 16.1. The van der Waals surface area contributed by atoms with Gasteiger partial charge in [-0.3, -0.25) is 9.69 Å². The third kappa shape index (κ3) is 0.954. The number of hydrogen-bond acceptors (Lipinski definition) is 3. The maximum Gasteiger partial charge on any atom is 0.148 e. The van der Waals surface area contributed by atoms with Crippen molar-refractivity contribution in [1.82, 2.24) is 10.2 Å². The van der Waals surface area contributed by atoms with Gasteiger partial charge in [0, 0.05) is 19.1 Å². The van der Waals surface area contributed by atoms with Crippen LogP contribution in [0.25, 0.3) is 0 Å². The number of rotatable bonds is 0. The average Bonchev–Trinajstić information content (AvgIpc) is 2.27. The van der Waals surface area contributed by atoms with Crippen LogP contribution in [0.3, 0.4) is 0 Å². The zero-order valence-corrected chi connectivity index (χ0v) is 5.97. The Morgan fingerprint density at radius 2 is 2.50 bits per heavy atom. The lowest BCUT2D eigenvalue weighted by molar-refractivity contribution is -0.116. The maximum absolute atomic E-state index is 10.9. The zero-order chi connectivity index (χ0) is 6.97. The zero-order valence-electron chi connectivity index (χ0n) is 5.97. The molecule has 3 nitrogen and oxygen atoms in total. The Kier molecular flexibility index (Phi) is 1.47. The first-order valence-electron chi connectivity index (χ1n) is 3.83. The molecule has 0 spiro atoms. The van der Waals surface area contributed by atoms with Gasteiger partial charge in [0.25, 0.3) is 0 Å². The minimum atomic E-state index is 0.411. The van der Waals surface area contributed by atoms with Crippen LogP contribution in [0.2, 0.25) is 0 Å². The molecular formula is C7H12N2O. The molecule has 0 amide bonds. The summed E-state index contributed by atoms with van der Waals surface area (Å²) in [6, 6.07) is 0.564. The van der Waals surface area contributed by atoms with Gasteiger partial charge in [-0.15, -0.1) is 0 Å². The van der Waals surface area contributed by atoms with Crippen molar-refractivity contribution in [3.8, 4) is 0 Å². The molecular weight excluding hydrogens is 128 g/mol. The Morgan fingerprint density at radius 3 is 3.30 bits per heavy atom. The molecule has 2 rings (SSSR count). The summed E-state index contributed by atoms with van der Waals surface area (Å²) in [5.74, 6) is 0.411. The largest absolute Gasteiger partial charge is 0.304 e. The summed E-state index contributed by atoms with van der Waals surface area (Å²) in [4.78, 5) is 13.2. The summed E-state index contributed by atoms with van der Waals surface area (Å²) in [6.45, 7) is 2.67. The molecule has 2 saturated heterocycles. The number of carbonyl (C=O) groups excluding carboxylic acids is 1. The Labute approximate surface area is 60.4 Å². The van der Waals surface area contributed by atoms with Gasteiger partial charge in [0.05, 0.1) is 6.54 Å². The first-order valence-corrected chi connectivity index (χ1v) is 3.83. The summed E-state index contributed by atoms with van der Waals surface area (Å²) < 4.78 is 0.